The number of rotatable bonds is 6. The van der Waals surface area contributed by atoms with Gasteiger partial charge in [-0.2, -0.15) is 0 Å². The van der Waals surface area contributed by atoms with Gasteiger partial charge in [0.15, 0.2) is 6.10 Å². The SMILES string of the molecule is CC(Oc1ccc2ccccc2c1)C(=O)Nc1ccc(OC2CCCC2)cc1. The molecule has 1 fully saturated rings. The molecule has 3 aromatic rings. The number of hydrogen-bond donors (Lipinski definition) is 1. The molecule has 0 bridgehead atoms. The summed E-state index contributed by atoms with van der Waals surface area (Å²) in [6.07, 6.45) is 4.47. The summed E-state index contributed by atoms with van der Waals surface area (Å²) in [7, 11) is 0. The number of carbonyl (C=O) groups excluding carboxylic acids is 1. The van der Waals surface area contributed by atoms with Crippen LogP contribution in [-0.2, 0) is 4.79 Å². The fourth-order valence-corrected chi connectivity index (χ4v) is 3.56. The third-order valence-corrected chi connectivity index (χ3v) is 5.13. The first-order valence-electron chi connectivity index (χ1n) is 9.90. The van der Waals surface area contributed by atoms with Crippen molar-refractivity contribution in [3.8, 4) is 11.5 Å². The fourth-order valence-electron chi connectivity index (χ4n) is 3.56. The van der Waals surface area contributed by atoms with Crippen LogP contribution in [0.3, 0.4) is 0 Å². The van der Waals surface area contributed by atoms with Crippen LogP contribution in [0.4, 0.5) is 5.69 Å². The van der Waals surface area contributed by atoms with Crippen molar-refractivity contribution in [2.24, 2.45) is 0 Å². The molecule has 4 nitrogen and oxygen atoms in total. The topological polar surface area (TPSA) is 47.6 Å². The number of ether oxygens (including phenoxy) is 2. The number of anilines is 1. The molecule has 1 atom stereocenters. The van der Waals surface area contributed by atoms with E-state index in [0.29, 0.717) is 11.9 Å². The van der Waals surface area contributed by atoms with Crippen molar-refractivity contribution in [3.63, 3.8) is 0 Å². The summed E-state index contributed by atoms with van der Waals surface area (Å²) in [6.45, 7) is 1.75. The maximum atomic E-state index is 12.5. The van der Waals surface area contributed by atoms with Gasteiger partial charge >= 0.3 is 0 Å². The van der Waals surface area contributed by atoms with E-state index >= 15 is 0 Å². The van der Waals surface area contributed by atoms with Crippen molar-refractivity contribution in [1.29, 1.82) is 0 Å². The first-order chi connectivity index (χ1) is 13.7. The number of hydrogen-bond acceptors (Lipinski definition) is 3. The van der Waals surface area contributed by atoms with E-state index < -0.39 is 6.10 Å². The first-order valence-corrected chi connectivity index (χ1v) is 9.90. The highest BCUT2D eigenvalue weighted by Crippen LogP contribution is 2.25. The minimum Gasteiger partial charge on any atom is -0.490 e. The van der Waals surface area contributed by atoms with Crippen LogP contribution in [0.15, 0.2) is 66.7 Å². The molecule has 0 heterocycles. The van der Waals surface area contributed by atoms with Crippen LogP contribution in [0.5, 0.6) is 11.5 Å². The van der Waals surface area contributed by atoms with E-state index in [1.807, 2.05) is 60.7 Å². The fraction of sp³-hybridized carbons (Fsp3) is 0.292. The van der Waals surface area contributed by atoms with E-state index in [4.69, 9.17) is 9.47 Å². The van der Waals surface area contributed by atoms with Gasteiger partial charge in [-0.25, -0.2) is 0 Å². The second-order valence-electron chi connectivity index (χ2n) is 7.31. The minimum atomic E-state index is -0.601. The Hall–Kier alpha value is -3.01. The van der Waals surface area contributed by atoms with Gasteiger partial charge in [-0.1, -0.05) is 30.3 Å². The Labute approximate surface area is 165 Å². The van der Waals surface area contributed by atoms with Gasteiger partial charge in [0.25, 0.3) is 5.91 Å². The van der Waals surface area contributed by atoms with E-state index in [-0.39, 0.29) is 5.91 Å². The summed E-state index contributed by atoms with van der Waals surface area (Å²) in [4.78, 5) is 12.5. The third kappa shape index (κ3) is 4.45. The molecule has 0 radical (unpaired) electrons. The van der Waals surface area contributed by atoms with Gasteiger partial charge in [0.05, 0.1) is 6.10 Å². The van der Waals surface area contributed by atoms with Crippen LogP contribution < -0.4 is 14.8 Å². The van der Waals surface area contributed by atoms with Gasteiger partial charge < -0.3 is 14.8 Å². The second-order valence-corrected chi connectivity index (χ2v) is 7.31. The number of amides is 1. The molecular formula is C24H25NO3. The normalized spacial score (nSPS) is 15.3. The van der Waals surface area contributed by atoms with E-state index in [9.17, 15) is 4.79 Å². The number of nitrogens with one attached hydrogen (secondary N) is 1. The summed E-state index contributed by atoms with van der Waals surface area (Å²) in [5.41, 5.74) is 0.734. The largest absolute Gasteiger partial charge is 0.490 e. The average Bonchev–Trinajstić information content (AvgIpc) is 3.22. The summed E-state index contributed by atoms with van der Waals surface area (Å²) >= 11 is 0. The van der Waals surface area contributed by atoms with Crippen molar-refractivity contribution in [1.82, 2.24) is 0 Å². The molecule has 1 aliphatic rings. The minimum absolute atomic E-state index is 0.183. The summed E-state index contributed by atoms with van der Waals surface area (Å²) < 4.78 is 11.8. The van der Waals surface area contributed by atoms with Crippen LogP contribution in [0.25, 0.3) is 10.8 Å². The zero-order valence-electron chi connectivity index (χ0n) is 16.1. The van der Waals surface area contributed by atoms with Crippen molar-refractivity contribution in [2.45, 2.75) is 44.8 Å². The molecule has 0 aromatic heterocycles. The van der Waals surface area contributed by atoms with Crippen LogP contribution in [0.2, 0.25) is 0 Å². The van der Waals surface area contributed by atoms with E-state index in [2.05, 4.69) is 11.4 Å². The molecule has 1 amide bonds. The number of carbonyl (C=O) groups is 1. The molecular weight excluding hydrogens is 350 g/mol. The van der Waals surface area contributed by atoms with Gasteiger partial charge in [-0.05, 0) is 79.8 Å². The van der Waals surface area contributed by atoms with Crippen molar-refractivity contribution in [3.05, 3.63) is 66.7 Å². The Kier molecular flexibility index (Phi) is 5.47. The monoisotopic (exact) mass is 375 g/mol. The quantitative estimate of drug-likeness (QED) is 0.613. The second kappa shape index (κ2) is 8.34. The first kappa shape index (κ1) is 18.4. The lowest BCUT2D eigenvalue weighted by Crippen LogP contribution is -2.30. The molecule has 1 aliphatic carbocycles. The predicted octanol–water partition coefficient (Wildman–Crippen LogP) is 5.57. The smallest absolute Gasteiger partial charge is 0.265 e. The van der Waals surface area contributed by atoms with Gasteiger partial charge in [0.1, 0.15) is 11.5 Å². The molecule has 3 aromatic carbocycles. The number of benzene rings is 3. The van der Waals surface area contributed by atoms with E-state index in [1.54, 1.807) is 6.92 Å². The van der Waals surface area contributed by atoms with Crippen molar-refractivity contribution < 1.29 is 14.3 Å². The lowest BCUT2D eigenvalue weighted by atomic mass is 10.1. The molecule has 4 rings (SSSR count). The molecule has 28 heavy (non-hydrogen) atoms. The zero-order chi connectivity index (χ0) is 19.3. The van der Waals surface area contributed by atoms with Crippen LogP contribution >= 0.6 is 0 Å². The highest BCUT2D eigenvalue weighted by Gasteiger charge is 2.17. The number of fused-ring (bicyclic) bond motifs is 1. The summed E-state index contributed by atoms with van der Waals surface area (Å²) in [6, 6.07) is 21.5. The average molecular weight is 375 g/mol. The predicted molar refractivity (Wildman–Crippen MR) is 112 cm³/mol. The lowest BCUT2D eigenvalue weighted by molar-refractivity contribution is -0.122. The highest BCUT2D eigenvalue weighted by molar-refractivity contribution is 5.94. The maximum absolute atomic E-state index is 12.5. The Morgan fingerprint density at radius 1 is 0.929 bits per heavy atom. The molecule has 0 aliphatic heterocycles. The molecule has 0 saturated heterocycles. The van der Waals surface area contributed by atoms with Crippen molar-refractivity contribution >= 4 is 22.4 Å². The zero-order valence-corrected chi connectivity index (χ0v) is 16.1. The van der Waals surface area contributed by atoms with Crippen LogP contribution in [0, 0.1) is 0 Å². The molecule has 144 valence electrons. The molecule has 1 N–H and O–H groups in total. The molecule has 0 spiro atoms. The van der Waals surface area contributed by atoms with Gasteiger partial charge in [0.2, 0.25) is 0 Å². The van der Waals surface area contributed by atoms with Crippen molar-refractivity contribution in [2.75, 3.05) is 5.32 Å². The van der Waals surface area contributed by atoms with E-state index in [0.717, 1.165) is 35.1 Å². The summed E-state index contributed by atoms with van der Waals surface area (Å²) in [5.74, 6) is 1.35. The molecule has 1 saturated carbocycles. The molecule has 1 unspecified atom stereocenters. The standard InChI is InChI=1S/C24H25NO3/c1-17(27-23-13-10-18-6-2-3-7-19(18)16-23)24(26)25-20-11-14-22(15-12-20)28-21-8-4-5-9-21/h2-3,6-7,10-17,21H,4-5,8-9H2,1H3,(H,25,26). The maximum Gasteiger partial charge on any atom is 0.265 e. The highest BCUT2D eigenvalue weighted by atomic mass is 16.5. The Balaban J connectivity index is 1.34. The Bertz CT molecular complexity index is 945. The Morgan fingerprint density at radius 3 is 2.36 bits per heavy atom. The third-order valence-electron chi connectivity index (χ3n) is 5.13. The lowest BCUT2D eigenvalue weighted by Gasteiger charge is -2.16. The van der Waals surface area contributed by atoms with Crippen LogP contribution in [0.1, 0.15) is 32.6 Å². The van der Waals surface area contributed by atoms with Gasteiger partial charge in [0, 0.05) is 5.69 Å². The van der Waals surface area contributed by atoms with Crippen LogP contribution in [-0.4, -0.2) is 18.1 Å². The molecule has 4 heteroatoms. The van der Waals surface area contributed by atoms with Gasteiger partial charge in [-0.3, -0.25) is 4.79 Å². The van der Waals surface area contributed by atoms with Gasteiger partial charge in [-0.15, -0.1) is 0 Å². The Morgan fingerprint density at radius 2 is 1.61 bits per heavy atom. The van der Waals surface area contributed by atoms with E-state index in [1.165, 1.54) is 12.8 Å². The summed E-state index contributed by atoms with van der Waals surface area (Å²) in [5, 5.41) is 5.13.